The minimum Gasteiger partial charge on any atom is -0.350 e. The molecular formula is C21H14ClFN2O2S. The van der Waals surface area contributed by atoms with Crippen molar-refractivity contribution in [2.75, 3.05) is 5.32 Å². The van der Waals surface area contributed by atoms with Gasteiger partial charge < -0.3 is 5.32 Å². The van der Waals surface area contributed by atoms with Gasteiger partial charge in [-0.15, -0.1) is 11.3 Å². The van der Waals surface area contributed by atoms with E-state index in [0.717, 1.165) is 4.90 Å². The van der Waals surface area contributed by atoms with Gasteiger partial charge in [0.1, 0.15) is 11.5 Å². The van der Waals surface area contributed by atoms with Crippen molar-refractivity contribution in [2.24, 2.45) is 0 Å². The van der Waals surface area contributed by atoms with E-state index in [9.17, 15) is 14.0 Å². The number of benzene rings is 2. The van der Waals surface area contributed by atoms with Crippen LogP contribution in [-0.4, -0.2) is 16.7 Å². The lowest BCUT2D eigenvalue weighted by atomic mass is 10.2. The molecule has 0 aliphatic carbocycles. The van der Waals surface area contributed by atoms with Crippen molar-refractivity contribution in [1.29, 1.82) is 0 Å². The number of carbonyl (C=O) groups is 2. The van der Waals surface area contributed by atoms with Crippen molar-refractivity contribution in [3.8, 4) is 0 Å². The standard InChI is InChI=1S/C21H14ClFN2O2S/c22-16-8-2-1-5-13(16)12-25-20(26)18(17-9-4-10-28-17)19(21(25)27)24-15-7-3-6-14(23)11-15/h1-11,24H,12H2. The number of rotatable bonds is 5. The first kappa shape index (κ1) is 18.4. The predicted octanol–water partition coefficient (Wildman–Crippen LogP) is 4.93. The number of carbonyl (C=O) groups excluding carboxylic acids is 2. The van der Waals surface area contributed by atoms with Crippen LogP contribution in [-0.2, 0) is 16.1 Å². The van der Waals surface area contributed by atoms with Gasteiger partial charge in [0.15, 0.2) is 0 Å². The predicted molar refractivity (Wildman–Crippen MR) is 108 cm³/mol. The summed E-state index contributed by atoms with van der Waals surface area (Å²) < 4.78 is 13.6. The topological polar surface area (TPSA) is 49.4 Å². The molecule has 0 atom stereocenters. The van der Waals surface area contributed by atoms with Gasteiger partial charge in [-0.05, 0) is 41.3 Å². The lowest BCUT2D eigenvalue weighted by Crippen LogP contribution is -2.32. The Labute approximate surface area is 169 Å². The zero-order valence-electron chi connectivity index (χ0n) is 14.5. The summed E-state index contributed by atoms with van der Waals surface area (Å²) in [4.78, 5) is 28.0. The Morgan fingerprint density at radius 2 is 1.82 bits per heavy atom. The van der Waals surface area contributed by atoms with Crippen LogP contribution in [0.3, 0.4) is 0 Å². The second-order valence-electron chi connectivity index (χ2n) is 6.15. The fourth-order valence-corrected chi connectivity index (χ4v) is 3.96. The van der Waals surface area contributed by atoms with Crippen LogP contribution in [0.15, 0.2) is 71.7 Å². The highest BCUT2D eigenvalue weighted by Gasteiger charge is 2.39. The van der Waals surface area contributed by atoms with E-state index in [-0.39, 0.29) is 17.8 Å². The molecule has 0 saturated carbocycles. The number of halogens is 2. The van der Waals surface area contributed by atoms with E-state index >= 15 is 0 Å². The number of hydrogen-bond donors (Lipinski definition) is 1. The van der Waals surface area contributed by atoms with Crippen LogP contribution in [0.2, 0.25) is 5.02 Å². The van der Waals surface area contributed by atoms with Gasteiger partial charge in [-0.25, -0.2) is 4.39 Å². The third-order valence-corrected chi connectivity index (χ3v) is 5.57. The number of nitrogens with zero attached hydrogens (tertiary/aromatic N) is 1. The van der Waals surface area contributed by atoms with Crippen molar-refractivity contribution in [3.63, 3.8) is 0 Å². The third-order valence-electron chi connectivity index (χ3n) is 4.32. The van der Waals surface area contributed by atoms with Gasteiger partial charge in [-0.1, -0.05) is 41.9 Å². The summed E-state index contributed by atoms with van der Waals surface area (Å²) in [6.45, 7) is 0.0561. The molecule has 4 nitrogen and oxygen atoms in total. The molecule has 2 amide bonds. The number of thiophene rings is 1. The first-order chi connectivity index (χ1) is 13.5. The summed E-state index contributed by atoms with van der Waals surface area (Å²) in [6, 6.07) is 16.4. The van der Waals surface area contributed by atoms with E-state index in [4.69, 9.17) is 11.6 Å². The molecule has 0 bridgehead atoms. The minimum atomic E-state index is -0.474. The number of amides is 2. The van der Waals surface area contributed by atoms with E-state index < -0.39 is 17.6 Å². The van der Waals surface area contributed by atoms with Crippen molar-refractivity contribution < 1.29 is 14.0 Å². The molecule has 140 valence electrons. The van der Waals surface area contributed by atoms with Crippen LogP contribution in [0.25, 0.3) is 5.57 Å². The summed E-state index contributed by atoms with van der Waals surface area (Å²) in [7, 11) is 0. The summed E-state index contributed by atoms with van der Waals surface area (Å²) in [5.41, 5.74) is 1.47. The van der Waals surface area contributed by atoms with Crippen molar-refractivity contribution >= 4 is 46.0 Å². The molecule has 2 aromatic carbocycles. The lowest BCUT2D eigenvalue weighted by Gasteiger charge is -2.16. The van der Waals surface area contributed by atoms with Gasteiger partial charge in [-0.3, -0.25) is 14.5 Å². The van der Waals surface area contributed by atoms with Crippen molar-refractivity contribution in [3.05, 3.63) is 93.0 Å². The first-order valence-corrected chi connectivity index (χ1v) is 9.70. The van der Waals surface area contributed by atoms with Crippen LogP contribution in [0.1, 0.15) is 10.4 Å². The average molecular weight is 413 g/mol. The smallest absolute Gasteiger partial charge is 0.278 e. The summed E-state index contributed by atoms with van der Waals surface area (Å²) in [5, 5.41) is 5.24. The van der Waals surface area contributed by atoms with Crippen LogP contribution in [0, 0.1) is 5.82 Å². The highest BCUT2D eigenvalue weighted by Crippen LogP contribution is 2.34. The number of anilines is 1. The zero-order valence-corrected chi connectivity index (χ0v) is 16.1. The molecule has 0 fully saturated rings. The van der Waals surface area contributed by atoms with Crippen LogP contribution >= 0.6 is 22.9 Å². The van der Waals surface area contributed by atoms with Crippen LogP contribution in [0.4, 0.5) is 10.1 Å². The van der Waals surface area contributed by atoms with Gasteiger partial charge in [0.25, 0.3) is 11.8 Å². The SMILES string of the molecule is O=C1C(Nc2cccc(F)c2)=C(c2cccs2)C(=O)N1Cc1ccccc1Cl. The van der Waals surface area contributed by atoms with Crippen molar-refractivity contribution in [1.82, 2.24) is 4.90 Å². The maximum atomic E-state index is 13.6. The molecule has 1 N–H and O–H groups in total. The second-order valence-corrected chi connectivity index (χ2v) is 7.51. The molecular weight excluding hydrogens is 399 g/mol. The van der Waals surface area contributed by atoms with Gasteiger partial charge >= 0.3 is 0 Å². The molecule has 0 spiro atoms. The molecule has 2 heterocycles. The Morgan fingerprint density at radius 1 is 1.00 bits per heavy atom. The maximum absolute atomic E-state index is 13.6. The summed E-state index contributed by atoms with van der Waals surface area (Å²) in [5.74, 6) is -1.32. The molecule has 0 radical (unpaired) electrons. The molecule has 0 saturated heterocycles. The number of imide groups is 1. The largest absolute Gasteiger partial charge is 0.350 e. The average Bonchev–Trinajstić information content (AvgIpc) is 3.27. The molecule has 0 unspecified atom stereocenters. The minimum absolute atomic E-state index is 0.0561. The van der Waals surface area contributed by atoms with E-state index in [1.807, 2.05) is 5.38 Å². The van der Waals surface area contributed by atoms with E-state index in [2.05, 4.69) is 5.32 Å². The van der Waals surface area contributed by atoms with Gasteiger partial charge in [0.2, 0.25) is 0 Å². The van der Waals surface area contributed by atoms with Crippen LogP contribution < -0.4 is 5.32 Å². The molecule has 1 aromatic heterocycles. The fourth-order valence-electron chi connectivity index (χ4n) is 2.99. The van der Waals surface area contributed by atoms with Gasteiger partial charge in [0, 0.05) is 15.6 Å². The fraction of sp³-hybridized carbons (Fsp3) is 0.0476. The Kier molecular flexibility index (Phi) is 4.98. The normalized spacial score (nSPS) is 14.1. The Hall–Kier alpha value is -2.96. The number of nitrogens with one attached hydrogen (secondary N) is 1. The first-order valence-electron chi connectivity index (χ1n) is 8.45. The van der Waals surface area contributed by atoms with E-state index in [1.165, 1.54) is 29.5 Å². The molecule has 1 aliphatic rings. The molecule has 7 heteroatoms. The van der Waals surface area contributed by atoms with Gasteiger partial charge in [-0.2, -0.15) is 0 Å². The summed E-state index contributed by atoms with van der Waals surface area (Å²) in [6.07, 6.45) is 0. The van der Waals surface area contributed by atoms with E-state index in [0.29, 0.717) is 21.2 Å². The molecule has 4 rings (SSSR count). The second kappa shape index (κ2) is 7.58. The quantitative estimate of drug-likeness (QED) is 0.604. The maximum Gasteiger partial charge on any atom is 0.278 e. The highest BCUT2D eigenvalue weighted by atomic mass is 35.5. The molecule has 1 aliphatic heterocycles. The third kappa shape index (κ3) is 3.44. The van der Waals surface area contributed by atoms with Crippen LogP contribution in [0.5, 0.6) is 0 Å². The monoisotopic (exact) mass is 412 g/mol. The van der Waals surface area contributed by atoms with Crippen molar-refractivity contribution in [2.45, 2.75) is 6.54 Å². The summed E-state index contributed by atoms with van der Waals surface area (Å²) >= 11 is 7.56. The lowest BCUT2D eigenvalue weighted by molar-refractivity contribution is -0.137. The number of hydrogen-bond acceptors (Lipinski definition) is 4. The molecule has 3 aromatic rings. The highest BCUT2D eigenvalue weighted by molar-refractivity contribution is 7.11. The zero-order chi connectivity index (χ0) is 19.7. The Morgan fingerprint density at radius 3 is 2.54 bits per heavy atom. The Bertz CT molecular complexity index is 1100. The Balaban J connectivity index is 1.72. The van der Waals surface area contributed by atoms with Gasteiger partial charge in [0.05, 0.1) is 12.1 Å². The van der Waals surface area contributed by atoms with E-state index in [1.54, 1.807) is 42.5 Å². The molecule has 28 heavy (non-hydrogen) atoms.